The van der Waals surface area contributed by atoms with Crippen LogP contribution in [0.15, 0.2) is 5.16 Å². The van der Waals surface area contributed by atoms with Gasteiger partial charge in [-0.15, -0.1) is 0 Å². The molecular formula is C4H6NO. The van der Waals surface area contributed by atoms with Crippen LogP contribution in [0.25, 0.3) is 0 Å². The van der Waals surface area contributed by atoms with E-state index < -0.39 is 0 Å². The van der Waals surface area contributed by atoms with E-state index in [0.717, 1.165) is 12.8 Å². The van der Waals surface area contributed by atoms with Crippen LogP contribution in [-0.4, -0.2) is 12.8 Å². The van der Waals surface area contributed by atoms with E-state index in [1.807, 2.05) is 0 Å². The van der Waals surface area contributed by atoms with Crippen LogP contribution in [0.4, 0.5) is 0 Å². The molecule has 0 spiro atoms. The van der Waals surface area contributed by atoms with Crippen LogP contribution in [0.3, 0.4) is 0 Å². The molecule has 33 valence electrons. The molecular weight excluding hydrogens is 78.0 g/mol. The number of hydrogen-bond donors (Lipinski definition) is 0. The molecule has 0 aliphatic heterocycles. The van der Waals surface area contributed by atoms with E-state index in [-0.39, 0.29) is 0 Å². The highest BCUT2D eigenvalue weighted by Crippen LogP contribution is 2.22. The summed E-state index contributed by atoms with van der Waals surface area (Å²) in [5, 5.41) is 3.00. The first-order valence-corrected chi connectivity index (χ1v) is 1.99. The van der Waals surface area contributed by atoms with E-state index in [0.29, 0.717) is 6.10 Å². The van der Waals surface area contributed by atoms with Gasteiger partial charge in [0.25, 0.3) is 0 Å². The first-order chi connectivity index (χ1) is 2.93. The van der Waals surface area contributed by atoms with Gasteiger partial charge in [-0.3, -0.25) is 0 Å². The van der Waals surface area contributed by atoms with Crippen molar-refractivity contribution in [2.75, 3.05) is 0 Å². The highest BCUT2D eigenvalue weighted by atomic mass is 16.6. The van der Waals surface area contributed by atoms with Gasteiger partial charge in [-0.2, -0.15) is 0 Å². The Morgan fingerprint density at radius 3 is 2.50 bits per heavy atom. The van der Waals surface area contributed by atoms with Crippen LogP contribution in [0.2, 0.25) is 0 Å². The average Bonchev–Trinajstić information content (AvgIpc) is 2.21. The van der Waals surface area contributed by atoms with Gasteiger partial charge >= 0.3 is 0 Å². The zero-order valence-corrected chi connectivity index (χ0v) is 3.42. The summed E-state index contributed by atoms with van der Waals surface area (Å²) in [5.74, 6) is 0. The van der Waals surface area contributed by atoms with Crippen LogP contribution in [-0.2, 0) is 4.84 Å². The molecule has 0 N–H and O–H groups in total. The van der Waals surface area contributed by atoms with Gasteiger partial charge in [-0.05, 0) is 12.8 Å². The van der Waals surface area contributed by atoms with Gasteiger partial charge in [-0.25, -0.2) is 0 Å². The Hall–Kier alpha value is -0.530. The highest BCUT2D eigenvalue weighted by molar-refractivity contribution is 5.21. The lowest BCUT2D eigenvalue weighted by Gasteiger charge is -1.85. The zero-order valence-electron chi connectivity index (χ0n) is 3.42. The molecule has 0 aromatic carbocycles. The highest BCUT2D eigenvalue weighted by Gasteiger charge is 2.22. The largest absolute Gasteiger partial charge is 0.392 e. The third-order valence-corrected chi connectivity index (χ3v) is 0.734. The van der Waals surface area contributed by atoms with E-state index in [9.17, 15) is 0 Å². The average molecular weight is 84.1 g/mol. The quantitative estimate of drug-likeness (QED) is 0.355. The fraction of sp³-hybridized carbons (Fsp3) is 0.750. The number of hydrogen-bond acceptors (Lipinski definition) is 2. The third-order valence-electron chi connectivity index (χ3n) is 0.734. The van der Waals surface area contributed by atoms with Gasteiger partial charge in [0.2, 0.25) is 0 Å². The van der Waals surface area contributed by atoms with E-state index >= 15 is 0 Å². The molecule has 0 unspecified atom stereocenters. The predicted molar refractivity (Wildman–Crippen MR) is 22.6 cm³/mol. The minimum Gasteiger partial charge on any atom is -0.392 e. The summed E-state index contributed by atoms with van der Waals surface area (Å²) in [6, 6.07) is 0. The summed E-state index contributed by atoms with van der Waals surface area (Å²) in [4.78, 5) is 4.56. The lowest BCUT2D eigenvalue weighted by molar-refractivity contribution is 0.132. The fourth-order valence-corrected chi connectivity index (χ4v) is 0.260. The third kappa shape index (κ3) is 0.708. The van der Waals surface area contributed by atoms with E-state index in [1.165, 1.54) is 0 Å². The van der Waals surface area contributed by atoms with Crippen molar-refractivity contribution in [3.63, 3.8) is 0 Å². The molecule has 0 amide bonds. The monoisotopic (exact) mass is 84.0 g/mol. The van der Waals surface area contributed by atoms with Gasteiger partial charge in [0, 0.05) is 0 Å². The maximum Gasteiger partial charge on any atom is 0.127 e. The smallest absolute Gasteiger partial charge is 0.127 e. The van der Waals surface area contributed by atoms with Crippen molar-refractivity contribution in [1.82, 2.24) is 0 Å². The Bertz CT molecular complexity index is 58.6. The lowest BCUT2D eigenvalue weighted by atomic mass is 10.9. The van der Waals surface area contributed by atoms with Gasteiger partial charge in [-0.1, -0.05) is 5.16 Å². The number of nitrogens with zero attached hydrogens (tertiary/aromatic N) is 1. The van der Waals surface area contributed by atoms with Gasteiger partial charge in [0.15, 0.2) is 0 Å². The van der Waals surface area contributed by atoms with Crippen molar-refractivity contribution in [2.24, 2.45) is 5.16 Å². The molecule has 1 radical (unpaired) electrons. The molecule has 0 saturated heterocycles. The second kappa shape index (κ2) is 1.29. The van der Waals surface area contributed by atoms with E-state index in [1.54, 1.807) is 0 Å². The minimum atomic E-state index is 0.356. The Kier molecular flexibility index (Phi) is 0.783. The first kappa shape index (κ1) is 3.65. The first-order valence-electron chi connectivity index (χ1n) is 1.99. The SMILES string of the molecule is [CH]=NOC1CC1. The Morgan fingerprint density at radius 1 is 1.67 bits per heavy atom. The van der Waals surface area contributed by atoms with Crippen LogP contribution in [0.1, 0.15) is 12.8 Å². The van der Waals surface area contributed by atoms with Crippen molar-refractivity contribution in [2.45, 2.75) is 18.9 Å². The molecule has 2 heteroatoms. The summed E-state index contributed by atoms with van der Waals surface area (Å²) >= 11 is 0. The second-order valence-electron chi connectivity index (χ2n) is 1.41. The van der Waals surface area contributed by atoms with Crippen LogP contribution in [0.5, 0.6) is 0 Å². The molecule has 1 saturated carbocycles. The van der Waals surface area contributed by atoms with Gasteiger partial charge in [0.05, 0.1) is 6.72 Å². The topological polar surface area (TPSA) is 21.6 Å². The zero-order chi connectivity index (χ0) is 4.41. The molecule has 6 heavy (non-hydrogen) atoms. The molecule has 1 aliphatic rings. The molecule has 2 nitrogen and oxygen atoms in total. The normalized spacial score (nSPS) is 20.0. The Balaban J connectivity index is 2.00. The molecule has 1 rings (SSSR count). The maximum atomic E-state index is 4.67. The van der Waals surface area contributed by atoms with Crippen LogP contribution < -0.4 is 0 Å². The molecule has 0 aromatic heterocycles. The lowest BCUT2D eigenvalue weighted by Crippen LogP contribution is -1.79. The van der Waals surface area contributed by atoms with Gasteiger partial charge < -0.3 is 4.84 Å². The Morgan fingerprint density at radius 2 is 2.33 bits per heavy atom. The summed E-state index contributed by atoms with van der Waals surface area (Å²) in [6.45, 7) is 4.67. The van der Waals surface area contributed by atoms with Gasteiger partial charge in [0.1, 0.15) is 6.10 Å². The molecule has 0 aromatic rings. The summed E-state index contributed by atoms with van der Waals surface area (Å²) in [6.07, 6.45) is 2.61. The Labute approximate surface area is 36.8 Å². The van der Waals surface area contributed by atoms with Crippen molar-refractivity contribution < 1.29 is 4.84 Å². The van der Waals surface area contributed by atoms with Crippen molar-refractivity contribution in [3.05, 3.63) is 0 Å². The minimum absolute atomic E-state index is 0.356. The molecule has 1 aliphatic carbocycles. The molecule has 0 bridgehead atoms. The van der Waals surface area contributed by atoms with E-state index in [2.05, 4.69) is 16.7 Å². The standard InChI is InChI=1S/C4H6NO/c1-5-6-4-2-3-4/h1,4H,2-3H2. The van der Waals surface area contributed by atoms with Crippen molar-refractivity contribution in [3.8, 4) is 0 Å². The fourth-order valence-electron chi connectivity index (χ4n) is 0.260. The summed E-state index contributed by atoms with van der Waals surface area (Å²) in [7, 11) is 0. The predicted octanol–water partition coefficient (Wildman–Crippen LogP) is 0.658. The van der Waals surface area contributed by atoms with Crippen LogP contribution >= 0.6 is 0 Å². The van der Waals surface area contributed by atoms with E-state index in [4.69, 9.17) is 0 Å². The van der Waals surface area contributed by atoms with Crippen LogP contribution in [0, 0.1) is 0 Å². The molecule has 0 heterocycles. The summed E-state index contributed by atoms with van der Waals surface area (Å²) < 4.78 is 0. The summed E-state index contributed by atoms with van der Waals surface area (Å²) in [5.41, 5.74) is 0. The number of rotatable bonds is 2. The molecule has 0 atom stereocenters. The second-order valence-corrected chi connectivity index (χ2v) is 1.41. The van der Waals surface area contributed by atoms with Crippen molar-refractivity contribution >= 4 is 6.72 Å². The molecule has 1 fully saturated rings. The van der Waals surface area contributed by atoms with Crippen molar-refractivity contribution in [1.29, 1.82) is 0 Å². The maximum absolute atomic E-state index is 4.67.